The molecule has 6 heteroatoms. The SMILES string of the molecule is COc1ccc(C(=O)Nc2ccc(NC(=O)c3cccs3)cc2)cc1. The Bertz CT molecular complexity index is 857. The van der Waals surface area contributed by atoms with Crippen molar-refractivity contribution in [2.75, 3.05) is 17.7 Å². The molecule has 2 N–H and O–H groups in total. The third-order valence-electron chi connectivity index (χ3n) is 3.50. The smallest absolute Gasteiger partial charge is 0.265 e. The van der Waals surface area contributed by atoms with Crippen LogP contribution in [0.4, 0.5) is 11.4 Å². The van der Waals surface area contributed by atoms with Gasteiger partial charge in [-0.15, -0.1) is 11.3 Å². The van der Waals surface area contributed by atoms with E-state index < -0.39 is 0 Å². The van der Waals surface area contributed by atoms with E-state index >= 15 is 0 Å². The van der Waals surface area contributed by atoms with E-state index in [0.717, 1.165) is 0 Å². The highest BCUT2D eigenvalue weighted by molar-refractivity contribution is 7.12. The van der Waals surface area contributed by atoms with Gasteiger partial charge < -0.3 is 15.4 Å². The molecule has 0 aliphatic heterocycles. The molecule has 3 aromatic rings. The van der Waals surface area contributed by atoms with Gasteiger partial charge in [-0.3, -0.25) is 9.59 Å². The summed E-state index contributed by atoms with van der Waals surface area (Å²) < 4.78 is 5.07. The van der Waals surface area contributed by atoms with Crippen LogP contribution < -0.4 is 15.4 Å². The van der Waals surface area contributed by atoms with Crippen LogP contribution in [0.1, 0.15) is 20.0 Å². The molecular formula is C19H16N2O3S. The van der Waals surface area contributed by atoms with Crippen molar-refractivity contribution in [1.82, 2.24) is 0 Å². The molecule has 126 valence electrons. The van der Waals surface area contributed by atoms with E-state index in [9.17, 15) is 9.59 Å². The second kappa shape index (κ2) is 7.63. The molecule has 25 heavy (non-hydrogen) atoms. The van der Waals surface area contributed by atoms with Crippen LogP contribution in [-0.4, -0.2) is 18.9 Å². The van der Waals surface area contributed by atoms with Crippen molar-refractivity contribution >= 4 is 34.5 Å². The number of anilines is 2. The summed E-state index contributed by atoms with van der Waals surface area (Å²) in [5.41, 5.74) is 1.85. The predicted octanol–water partition coefficient (Wildman–Crippen LogP) is 4.26. The Morgan fingerprint density at radius 2 is 1.44 bits per heavy atom. The van der Waals surface area contributed by atoms with Gasteiger partial charge in [0.1, 0.15) is 5.75 Å². The number of methoxy groups -OCH3 is 1. The lowest BCUT2D eigenvalue weighted by Gasteiger charge is -2.08. The second-order valence-electron chi connectivity index (χ2n) is 5.19. The molecule has 5 nitrogen and oxygen atoms in total. The predicted molar refractivity (Wildman–Crippen MR) is 99.7 cm³/mol. The minimum Gasteiger partial charge on any atom is -0.497 e. The van der Waals surface area contributed by atoms with E-state index in [0.29, 0.717) is 27.6 Å². The van der Waals surface area contributed by atoms with Crippen LogP contribution in [0.15, 0.2) is 66.0 Å². The minimum atomic E-state index is -0.210. The average molecular weight is 352 g/mol. The molecule has 0 spiro atoms. The molecule has 2 aromatic carbocycles. The van der Waals surface area contributed by atoms with E-state index in [1.165, 1.54) is 11.3 Å². The molecule has 0 saturated carbocycles. The number of hydrogen-bond acceptors (Lipinski definition) is 4. The number of amides is 2. The molecule has 2 amide bonds. The van der Waals surface area contributed by atoms with Crippen molar-refractivity contribution in [3.63, 3.8) is 0 Å². The topological polar surface area (TPSA) is 67.4 Å². The summed E-state index contributed by atoms with van der Waals surface area (Å²) in [7, 11) is 1.58. The van der Waals surface area contributed by atoms with Gasteiger partial charge in [0.25, 0.3) is 11.8 Å². The quantitative estimate of drug-likeness (QED) is 0.721. The first-order valence-electron chi connectivity index (χ1n) is 7.56. The monoisotopic (exact) mass is 352 g/mol. The first-order valence-corrected chi connectivity index (χ1v) is 8.44. The molecule has 1 aromatic heterocycles. The van der Waals surface area contributed by atoms with Crippen LogP contribution in [0.2, 0.25) is 0 Å². The number of ether oxygens (including phenoxy) is 1. The zero-order valence-corrected chi connectivity index (χ0v) is 14.3. The summed E-state index contributed by atoms with van der Waals surface area (Å²) in [5.74, 6) is 0.338. The van der Waals surface area contributed by atoms with Gasteiger partial charge in [-0.25, -0.2) is 0 Å². The first-order chi connectivity index (χ1) is 12.2. The fourth-order valence-corrected chi connectivity index (χ4v) is 2.80. The molecular weight excluding hydrogens is 336 g/mol. The molecule has 0 radical (unpaired) electrons. The molecule has 0 aliphatic rings. The van der Waals surface area contributed by atoms with Gasteiger partial charge in [-0.2, -0.15) is 0 Å². The lowest BCUT2D eigenvalue weighted by atomic mass is 10.2. The van der Waals surface area contributed by atoms with Crippen LogP contribution in [0.25, 0.3) is 0 Å². The van der Waals surface area contributed by atoms with Crippen molar-refractivity contribution in [2.24, 2.45) is 0 Å². The van der Waals surface area contributed by atoms with Gasteiger partial charge in [0, 0.05) is 16.9 Å². The highest BCUT2D eigenvalue weighted by atomic mass is 32.1. The Kier molecular flexibility index (Phi) is 5.11. The van der Waals surface area contributed by atoms with E-state index in [1.807, 2.05) is 11.4 Å². The number of thiophene rings is 1. The molecule has 0 bridgehead atoms. The van der Waals surface area contributed by atoms with E-state index in [-0.39, 0.29) is 11.8 Å². The Morgan fingerprint density at radius 1 is 0.840 bits per heavy atom. The van der Waals surface area contributed by atoms with Crippen molar-refractivity contribution < 1.29 is 14.3 Å². The van der Waals surface area contributed by atoms with Crippen molar-refractivity contribution in [3.05, 3.63) is 76.5 Å². The number of carbonyl (C=O) groups excluding carboxylic acids is 2. The third-order valence-corrected chi connectivity index (χ3v) is 4.37. The number of nitrogens with one attached hydrogen (secondary N) is 2. The minimum absolute atomic E-state index is 0.148. The van der Waals surface area contributed by atoms with Gasteiger partial charge in [-0.1, -0.05) is 6.07 Å². The van der Waals surface area contributed by atoms with E-state index in [4.69, 9.17) is 4.74 Å². The maximum Gasteiger partial charge on any atom is 0.265 e. The van der Waals surface area contributed by atoms with E-state index in [1.54, 1.807) is 61.7 Å². The average Bonchev–Trinajstić information content (AvgIpc) is 3.18. The summed E-state index contributed by atoms with van der Waals surface area (Å²) in [6.07, 6.45) is 0. The molecule has 0 aliphatic carbocycles. The number of rotatable bonds is 5. The maximum atomic E-state index is 12.2. The molecule has 0 fully saturated rings. The summed E-state index contributed by atoms with van der Waals surface area (Å²) in [6, 6.07) is 17.4. The van der Waals surface area contributed by atoms with Gasteiger partial charge in [0.15, 0.2) is 0 Å². The van der Waals surface area contributed by atoms with Crippen LogP contribution >= 0.6 is 11.3 Å². The van der Waals surface area contributed by atoms with Crippen LogP contribution in [0.3, 0.4) is 0 Å². The lowest BCUT2D eigenvalue weighted by Crippen LogP contribution is -2.12. The Hall–Kier alpha value is -3.12. The van der Waals surface area contributed by atoms with Gasteiger partial charge in [0.05, 0.1) is 12.0 Å². The Labute approximate surface area is 149 Å². The molecule has 0 atom stereocenters. The zero-order chi connectivity index (χ0) is 17.6. The lowest BCUT2D eigenvalue weighted by molar-refractivity contribution is 0.102. The zero-order valence-electron chi connectivity index (χ0n) is 13.5. The fourth-order valence-electron chi connectivity index (χ4n) is 2.18. The Balaban J connectivity index is 1.61. The number of carbonyl (C=O) groups is 2. The maximum absolute atomic E-state index is 12.2. The van der Waals surface area contributed by atoms with Crippen LogP contribution in [0, 0.1) is 0 Å². The van der Waals surface area contributed by atoms with Gasteiger partial charge in [0.2, 0.25) is 0 Å². The van der Waals surface area contributed by atoms with Crippen molar-refractivity contribution in [2.45, 2.75) is 0 Å². The largest absolute Gasteiger partial charge is 0.497 e. The fraction of sp³-hybridized carbons (Fsp3) is 0.0526. The van der Waals surface area contributed by atoms with Gasteiger partial charge in [-0.05, 0) is 60.0 Å². The summed E-state index contributed by atoms with van der Waals surface area (Å²) in [5, 5.41) is 7.48. The first kappa shape index (κ1) is 16.7. The third kappa shape index (κ3) is 4.24. The van der Waals surface area contributed by atoms with Crippen LogP contribution in [-0.2, 0) is 0 Å². The normalized spacial score (nSPS) is 10.1. The highest BCUT2D eigenvalue weighted by Crippen LogP contribution is 2.18. The van der Waals surface area contributed by atoms with E-state index in [2.05, 4.69) is 10.6 Å². The Morgan fingerprint density at radius 3 is 1.96 bits per heavy atom. The number of hydrogen-bond donors (Lipinski definition) is 2. The van der Waals surface area contributed by atoms with Crippen molar-refractivity contribution in [1.29, 1.82) is 0 Å². The molecule has 0 saturated heterocycles. The second-order valence-corrected chi connectivity index (χ2v) is 6.14. The molecule has 1 heterocycles. The van der Waals surface area contributed by atoms with Crippen LogP contribution in [0.5, 0.6) is 5.75 Å². The highest BCUT2D eigenvalue weighted by Gasteiger charge is 2.08. The molecule has 0 unspecified atom stereocenters. The number of benzene rings is 2. The summed E-state index contributed by atoms with van der Waals surface area (Å²) in [4.78, 5) is 24.9. The van der Waals surface area contributed by atoms with Crippen molar-refractivity contribution in [3.8, 4) is 5.75 Å². The summed E-state index contributed by atoms with van der Waals surface area (Å²) >= 11 is 1.38. The molecule has 3 rings (SSSR count). The summed E-state index contributed by atoms with van der Waals surface area (Å²) in [6.45, 7) is 0. The standard InChI is InChI=1S/C19H16N2O3S/c1-24-16-10-4-13(5-11-16)18(22)20-14-6-8-15(9-7-14)21-19(23)17-3-2-12-25-17/h2-12H,1H3,(H,20,22)(H,21,23). The van der Waals surface area contributed by atoms with Gasteiger partial charge >= 0.3 is 0 Å².